The highest BCUT2D eigenvalue weighted by Gasteiger charge is 2.27. The summed E-state index contributed by atoms with van der Waals surface area (Å²) in [7, 11) is 0. The van der Waals surface area contributed by atoms with E-state index in [1.807, 2.05) is 4.57 Å². The summed E-state index contributed by atoms with van der Waals surface area (Å²) in [6.45, 7) is 9.38. The van der Waals surface area contributed by atoms with Crippen LogP contribution in [0.4, 0.5) is 5.13 Å². The zero-order valence-electron chi connectivity index (χ0n) is 12.6. The Morgan fingerprint density at radius 2 is 2.33 bits per heavy atom. The van der Waals surface area contributed by atoms with E-state index in [9.17, 15) is 0 Å². The molecule has 0 aromatic carbocycles. The monoisotopic (exact) mass is 308 g/mol. The number of aromatic nitrogens is 5. The molecule has 114 valence electrons. The van der Waals surface area contributed by atoms with Crippen LogP contribution in [0.5, 0.6) is 0 Å². The van der Waals surface area contributed by atoms with Crippen molar-refractivity contribution in [3.05, 3.63) is 18.0 Å². The summed E-state index contributed by atoms with van der Waals surface area (Å²) in [4.78, 5) is 6.86. The third-order valence-corrected chi connectivity index (χ3v) is 4.35. The van der Waals surface area contributed by atoms with Crippen LogP contribution in [0.25, 0.3) is 0 Å². The molecule has 1 fully saturated rings. The smallest absolute Gasteiger partial charge is 0.205 e. The van der Waals surface area contributed by atoms with Gasteiger partial charge in [0.2, 0.25) is 5.13 Å². The number of morpholine rings is 1. The Kier molecular flexibility index (Phi) is 4.16. The minimum Gasteiger partial charge on any atom is -0.366 e. The molecule has 21 heavy (non-hydrogen) atoms. The number of nitrogens with zero attached hydrogens (tertiary/aromatic N) is 6. The SMILES string of the molecule is CCn1cnnc1[C@H]1CN(c2nc(C(C)C)ns2)CCO1. The number of anilines is 1. The first-order valence-electron chi connectivity index (χ1n) is 7.27. The van der Waals surface area contributed by atoms with Gasteiger partial charge in [0.15, 0.2) is 5.82 Å². The molecule has 1 atom stereocenters. The van der Waals surface area contributed by atoms with Gasteiger partial charge in [0.05, 0.1) is 13.2 Å². The molecule has 0 amide bonds. The Hall–Kier alpha value is -1.54. The molecule has 1 aliphatic rings. The van der Waals surface area contributed by atoms with Crippen molar-refractivity contribution in [2.45, 2.75) is 39.3 Å². The van der Waals surface area contributed by atoms with Crippen LogP contribution in [0.1, 0.15) is 44.4 Å². The van der Waals surface area contributed by atoms with Crippen molar-refractivity contribution in [3.8, 4) is 0 Å². The van der Waals surface area contributed by atoms with E-state index in [4.69, 9.17) is 4.74 Å². The van der Waals surface area contributed by atoms with E-state index in [0.29, 0.717) is 12.5 Å². The van der Waals surface area contributed by atoms with Crippen LogP contribution in [0.3, 0.4) is 0 Å². The fourth-order valence-corrected chi connectivity index (χ4v) is 3.17. The number of aryl methyl sites for hydroxylation is 1. The molecule has 0 bridgehead atoms. The molecule has 8 heteroatoms. The minimum atomic E-state index is -0.0624. The predicted octanol–water partition coefficient (Wildman–Crippen LogP) is 1.85. The molecule has 1 saturated heterocycles. The van der Waals surface area contributed by atoms with Crippen LogP contribution < -0.4 is 4.90 Å². The summed E-state index contributed by atoms with van der Waals surface area (Å²) >= 11 is 1.46. The fourth-order valence-electron chi connectivity index (χ4n) is 2.33. The summed E-state index contributed by atoms with van der Waals surface area (Å²) in [5.41, 5.74) is 0. The van der Waals surface area contributed by atoms with Crippen molar-refractivity contribution >= 4 is 16.7 Å². The highest BCUT2D eigenvalue weighted by Crippen LogP contribution is 2.27. The van der Waals surface area contributed by atoms with Gasteiger partial charge in [-0.05, 0) is 6.92 Å². The topological polar surface area (TPSA) is 69.0 Å². The predicted molar refractivity (Wildman–Crippen MR) is 80.6 cm³/mol. The molecule has 0 N–H and O–H groups in total. The molecule has 0 radical (unpaired) electrons. The average molecular weight is 308 g/mol. The van der Waals surface area contributed by atoms with Crippen molar-refractivity contribution < 1.29 is 4.74 Å². The fraction of sp³-hybridized carbons (Fsp3) is 0.692. The summed E-state index contributed by atoms with van der Waals surface area (Å²) in [6, 6.07) is 0. The Morgan fingerprint density at radius 1 is 1.48 bits per heavy atom. The number of hydrogen-bond acceptors (Lipinski definition) is 7. The lowest BCUT2D eigenvalue weighted by molar-refractivity contribution is 0.0316. The normalized spacial score (nSPS) is 19.4. The molecule has 1 aliphatic heterocycles. The quantitative estimate of drug-likeness (QED) is 0.858. The first-order valence-corrected chi connectivity index (χ1v) is 8.04. The molecule has 2 aromatic rings. The van der Waals surface area contributed by atoms with Crippen LogP contribution >= 0.6 is 11.5 Å². The second-order valence-corrected chi connectivity index (χ2v) is 6.10. The molecular formula is C13H20N6OS. The standard InChI is InChI=1S/C13H20N6OS/c1-4-18-8-14-16-12(18)10-7-19(5-6-20-10)13-15-11(9(2)3)17-21-13/h8-10H,4-7H2,1-3H3/t10-/m1/s1. The van der Waals surface area contributed by atoms with Gasteiger partial charge in [-0.15, -0.1) is 10.2 Å². The molecule has 3 heterocycles. The largest absolute Gasteiger partial charge is 0.366 e. The van der Waals surface area contributed by atoms with Gasteiger partial charge in [-0.25, -0.2) is 4.98 Å². The van der Waals surface area contributed by atoms with E-state index in [0.717, 1.165) is 36.4 Å². The molecule has 0 unspecified atom stereocenters. The first-order chi connectivity index (χ1) is 10.2. The van der Waals surface area contributed by atoms with E-state index in [-0.39, 0.29) is 6.10 Å². The molecule has 3 rings (SSSR count). The Balaban J connectivity index is 1.76. The van der Waals surface area contributed by atoms with E-state index in [1.165, 1.54) is 11.5 Å². The second kappa shape index (κ2) is 6.07. The number of ether oxygens (including phenoxy) is 1. The second-order valence-electron chi connectivity index (χ2n) is 5.37. The van der Waals surface area contributed by atoms with Gasteiger partial charge in [-0.2, -0.15) is 4.37 Å². The molecule has 0 saturated carbocycles. The summed E-state index contributed by atoms with van der Waals surface area (Å²) in [5, 5.41) is 9.15. The van der Waals surface area contributed by atoms with Crippen molar-refractivity contribution in [1.82, 2.24) is 24.1 Å². The zero-order chi connectivity index (χ0) is 14.8. The number of rotatable bonds is 4. The lowest BCUT2D eigenvalue weighted by atomic mass is 10.2. The maximum Gasteiger partial charge on any atom is 0.205 e. The zero-order valence-corrected chi connectivity index (χ0v) is 13.4. The average Bonchev–Trinajstić information content (AvgIpc) is 3.16. The van der Waals surface area contributed by atoms with E-state index in [2.05, 4.69) is 45.2 Å². The van der Waals surface area contributed by atoms with Gasteiger partial charge in [-0.3, -0.25) is 0 Å². The van der Waals surface area contributed by atoms with Crippen LogP contribution in [0.15, 0.2) is 6.33 Å². The molecule has 0 spiro atoms. The number of hydrogen-bond donors (Lipinski definition) is 0. The lowest BCUT2D eigenvalue weighted by Crippen LogP contribution is -2.39. The van der Waals surface area contributed by atoms with Crippen molar-refractivity contribution in [2.24, 2.45) is 0 Å². The summed E-state index contributed by atoms with van der Waals surface area (Å²) in [5.74, 6) is 2.15. The lowest BCUT2D eigenvalue weighted by Gasteiger charge is -2.31. The summed E-state index contributed by atoms with van der Waals surface area (Å²) in [6.07, 6.45) is 1.69. The van der Waals surface area contributed by atoms with Crippen molar-refractivity contribution in [2.75, 3.05) is 24.6 Å². The molecule has 0 aliphatic carbocycles. The summed E-state index contributed by atoms with van der Waals surface area (Å²) < 4.78 is 12.3. The highest BCUT2D eigenvalue weighted by atomic mass is 32.1. The van der Waals surface area contributed by atoms with Crippen molar-refractivity contribution in [3.63, 3.8) is 0 Å². The van der Waals surface area contributed by atoms with Gasteiger partial charge in [0.25, 0.3) is 0 Å². The molecule has 2 aromatic heterocycles. The Labute approximate surface area is 128 Å². The van der Waals surface area contributed by atoms with Gasteiger partial charge in [-0.1, -0.05) is 13.8 Å². The molecule has 7 nitrogen and oxygen atoms in total. The first kappa shape index (κ1) is 14.4. The third kappa shape index (κ3) is 2.91. The van der Waals surface area contributed by atoms with Crippen LogP contribution in [-0.4, -0.2) is 43.8 Å². The maximum absolute atomic E-state index is 5.86. The highest BCUT2D eigenvalue weighted by molar-refractivity contribution is 7.09. The van der Waals surface area contributed by atoms with Crippen molar-refractivity contribution in [1.29, 1.82) is 0 Å². The van der Waals surface area contributed by atoms with E-state index < -0.39 is 0 Å². The Bertz CT molecular complexity index is 595. The van der Waals surface area contributed by atoms with Gasteiger partial charge >= 0.3 is 0 Å². The third-order valence-electron chi connectivity index (χ3n) is 3.56. The van der Waals surface area contributed by atoms with Crippen LogP contribution in [0, 0.1) is 0 Å². The van der Waals surface area contributed by atoms with Crippen LogP contribution in [-0.2, 0) is 11.3 Å². The van der Waals surface area contributed by atoms with E-state index in [1.54, 1.807) is 6.33 Å². The van der Waals surface area contributed by atoms with Gasteiger partial charge in [0, 0.05) is 30.5 Å². The van der Waals surface area contributed by atoms with Gasteiger partial charge in [0.1, 0.15) is 18.3 Å². The van der Waals surface area contributed by atoms with E-state index >= 15 is 0 Å². The maximum atomic E-state index is 5.86. The minimum absolute atomic E-state index is 0.0624. The van der Waals surface area contributed by atoms with Gasteiger partial charge < -0.3 is 14.2 Å². The molecular weight excluding hydrogens is 288 g/mol. The Morgan fingerprint density at radius 3 is 3.05 bits per heavy atom. The van der Waals surface area contributed by atoms with Crippen LogP contribution in [0.2, 0.25) is 0 Å².